The van der Waals surface area contributed by atoms with Crippen LogP contribution in [0.5, 0.6) is 0 Å². The number of sulfonamides is 1. The molecule has 9 heteroatoms. The number of nitrogens with zero attached hydrogens (tertiary/aromatic N) is 2. The molecule has 3 rings (SSSR count). The van der Waals surface area contributed by atoms with Gasteiger partial charge in [-0.1, -0.05) is 13.8 Å². The second kappa shape index (κ2) is 9.09. The first kappa shape index (κ1) is 22.2. The molecular formula is C21H25F2N3O3S. The fourth-order valence-corrected chi connectivity index (χ4v) is 5.09. The molecule has 0 saturated carbocycles. The molecule has 1 saturated heterocycles. The topological polar surface area (TPSA) is 69.7 Å². The highest BCUT2D eigenvalue weighted by Crippen LogP contribution is 2.32. The van der Waals surface area contributed by atoms with E-state index in [1.54, 1.807) is 19.9 Å². The summed E-state index contributed by atoms with van der Waals surface area (Å²) in [7, 11) is -3.73. The number of hydrogen-bond acceptors (Lipinski definition) is 4. The third-order valence-corrected chi connectivity index (χ3v) is 7.18. The number of nitrogens with one attached hydrogen (secondary N) is 1. The van der Waals surface area contributed by atoms with Crippen molar-refractivity contribution in [2.24, 2.45) is 0 Å². The van der Waals surface area contributed by atoms with Crippen molar-refractivity contribution >= 4 is 27.3 Å². The summed E-state index contributed by atoms with van der Waals surface area (Å²) in [6, 6.07) is 7.16. The van der Waals surface area contributed by atoms with Crippen LogP contribution in [0.15, 0.2) is 41.3 Å². The van der Waals surface area contributed by atoms with Crippen molar-refractivity contribution in [2.45, 2.75) is 31.6 Å². The highest BCUT2D eigenvalue weighted by atomic mass is 32.2. The van der Waals surface area contributed by atoms with Crippen molar-refractivity contribution in [3.8, 4) is 0 Å². The third-order valence-electron chi connectivity index (χ3n) is 5.13. The molecule has 30 heavy (non-hydrogen) atoms. The molecule has 162 valence electrons. The van der Waals surface area contributed by atoms with Crippen LogP contribution in [0.2, 0.25) is 0 Å². The fourth-order valence-electron chi connectivity index (χ4n) is 3.60. The minimum absolute atomic E-state index is 0.0508. The van der Waals surface area contributed by atoms with E-state index in [2.05, 4.69) is 10.2 Å². The van der Waals surface area contributed by atoms with Gasteiger partial charge in [0.1, 0.15) is 11.6 Å². The average Bonchev–Trinajstić information content (AvgIpc) is 3.22. The van der Waals surface area contributed by atoms with Gasteiger partial charge in [0.2, 0.25) is 10.0 Å². The highest BCUT2D eigenvalue weighted by Gasteiger charge is 2.25. The van der Waals surface area contributed by atoms with Crippen LogP contribution in [-0.2, 0) is 10.0 Å². The van der Waals surface area contributed by atoms with Crippen LogP contribution in [0.1, 0.15) is 37.0 Å². The van der Waals surface area contributed by atoms with Gasteiger partial charge in [0.25, 0.3) is 5.91 Å². The summed E-state index contributed by atoms with van der Waals surface area (Å²) < 4.78 is 54.2. The molecule has 1 aliphatic rings. The van der Waals surface area contributed by atoms with Crippen molar-refractivity contribution in [3.63, 3.8) is 0 Å². The van der Waals surface area contributed by atoms with Gasteiger partial charge in [-0.3, -0.25) is 4.79 Å². The van der Waals surface area contributed by atoms with Gasteiger partial charge < -0.3 is 10.2 Å². The van der Waals surface area contributed by atoms with Gasteiger partial charge >= 0.3 is 0 Å². The van der Waals surface area contributed by atoms with E-state index < -0.39 is 27.6 Å². The fraction of sp³-hybridized carbons (Fsp3) is 0.381. The molecule has 2 aromatic carbocycles. The smallest absolute Gasteiger partial charge is 0.255 e. The molecule has 6 nitrogen and oxygen atoms in total. The minimum atomic E-state index is -3.73. The average molecular weight is 438 g/mol. The first-order chi connectivity index (χ1) is 14.3. The number of benzene rings is 2. The predicted octanol–water partition coefficient (Wildman–Crippen LogP) is 3.85. The largest absolute Gasteiger partial charge is 0.370 e. The van der Waals surface area contributed by atoms with E-state index in [9.17, 15) is 22.0 Å². The van der Waals surface area contributed by atoms with E-state index in [4.69, 9.17) is 0 Å². The van der Waals surface area contributed by atoms with Gasteiger partial charge in [0, 0.05) is 37.8 Å². The molecule has 1 heterocycles. The van der Waals surface area contributed by atoms with Crippen molar-refractivity contribution < 1.29 is 22.0 Å². The van der Waals surface area contributed by atoms with E-state index in [-0.39, 0.29) is 10.5 Å². The van der Waals surface area contributed by atoms with Gasteiger partial charge in [-0.15, -0.1) is 0 Å². The van der Waals surface area contributed by atoms with Crippen LogP contribution < -0.4 is 10.2 Å². The maximum Gasteiger partial charge on any atom is 0.255 e. The molecule has 0 radical (unpaired) electrons. The van der Waals surface area contributed by atoms with E-state index in [0.29, 0.717) is 30.5 Å². The first-order valence-electron chi connectivity index (χ1n) is 9.92. The number of carbonyl (C=O) groups is 1. The Morgan fingerprint density at radius 3 is 2.20 bits per heavy atom. The summed E-state index contributed by atoms with van der Waals surface area (Å²) in [4.78, 5) is 14.8. The molecule has 1 amide bonds. The lowest BCUT2D eigenvalue weighted by molar-refractivity contribution is 0.102. The Balaban J connectivity index is 2.02. The second-order valence-electron chi connectivity index (χ2n) is 7.07. The van der Waals surface area contributed by atoms with Crippen molar-refractivity contribution in [2.75, 3.05) is 36.4 Å². The maximum atomic E-state index is 13.5. The van der Waals surface area contributed by atoms with Gasteiger partial charge in [0.15, 0.2) is 0 Å². The number of amides is 1. The number of anilines is 2. The molecule has 0 aliphatic carbocycles. The summed E-state index contributed by atoms with van der Waals surface area (Å²) in [5.41, 5.74) is 0.785. The van der Waals surface area contributed by atoms with Crippen molar-refractivity contribution in [1.29, 1.82) is 0 Å². The zero-order valence-corrected chi connectivity index (χ0v) is 17.8. The molecule has 0 unspecified atom stereocenters. The summed E-state index contributed by atoms with van der Waals surface area (Å²) in [6.07, 6.45) is 1.98. The molecule has 0 aromatic heterocycles. The SMILES string of the molecule is CCN(CC)S(=O)(=O)c1ccc(N2CCCC2)c(NC(=O)c2cc(F)cc(F)c2)c1. The van der Waals surface area contributed by atoms with Gasteiger partial charge in [0.05, 0.1) is 16.3 Å². The lowest BCUT2D eigenvalue weighted by atomic mass is 10.2. The number of carbonyl (C=O) groups excluding carboxylic acids is 1. The number of rotatable bonds is 7. The first-order valence-corrected chi connectivity index (χ1v) is 11.4. The van der Waals surface area contributed by atoms with Crippen LogP contribution in [0.3, 0.4) is 0 Å². The summed E-state index contributed by atoms with van der Waals surface area (Å²) in [5, 5.41) is 2.65. The van der Waals surface area contributed by atoms with Crippen LogP contribution in [-0.4, -0.2) is 44.8 Å². The molecule has 0 bridgehead atoms. The zero-order valence-electron chi connectivity index (χ0n) is 17.0. The standard InChI is InChI=1S/C21H25F2N3O3S/c1-3-26(4-2)30(28,29)18-7-8-20(25-9-5-6-10-25)19(14-18)24-21(27)15-11-16(22)13-17(23)12-15/h7-8,11-14H,3-6,9-10H2,1-2H3,(H,24,27). The number of hydrogen-bond donors (Lipinski definition) is 1. The monoisotopic (exact) mass is 437 g/mol. The normalized spacial score (nSPS) is 14.4. The molecular weight excluding hydrogens is 412 g/mol. The van der Waals surface area contributed by atoms with Crippen LogP contribution >= 0.6 is 0 Å². The molecule has 0 atom stereocenters. The van der Waals surface area contributed by atoms with Crippen molar-refractivity contribution in [3.05, 3.63) is 53.6 Å². The van der Waals surface area contributed by atoms with Crippen molar-refractivity contribution in [1.82, 2.24) is 4.31 Å². The Bertz CT molecular complexity index is 1010. The number of halogens is 2. The zero-order chi connectivity index (χ0) is 21.9. The maximum absolute atomic E-state index is 13.5. The van der Waals surface area contributed by atoms with E-state index in [0.717, 1.165) is 38.1 Å². The second-order valence-corrected chi connectivity index (χ2v) is 9.01. The lowest BCUT2D eigenvalue weighted by Gasteiger charge is -2.24. The molecule has 1 N–H and O–H groups in total. The van der Waals surface area contributed by atoms with E-state index in [1.165, 1.54) is 16.4 Å². The van der Waals surface area contributed by atoms with Crippen LogP contribution in [0, 0.1) is 11.6 Å². The van der Waals surface area contributed by atoms with Gasteiger partial charge in [-0.25, -0.2) is 17.2 Å². The summed E-state index contributed by atoms with van der Waals surface area (Å²) in [6.45, 7) is 5.69. The van der Waals surface area contributed by atoms with Gasteiger partial charge in [-0.05, 0) is 43.2 Å². The molecule has 2 aromatic rings. The van der Waals surface area contributed by atoms with E-state index >= 15 is 0 Å². The Labute approximate surface area is 175 Å². The molecule has 1 aliphatic heterocycles. The Morgan fingerprint density at radius 2 is 1.63 bits per heavy atom. The Kier molecular flexibility index (Phi) is 6.72. The third kappa shape index (κ3) is 4.62. The highest BCUT2D eigenvalue weighted by molar-refractivity contribution is 7.89. The minimum Gasteiger partial charge on any atom is -0.370 e. The van der Waals surface area contributed by atoms with Crippen LogP contribution in [0.4, 0.5) is 20.2 Å². The Morgan fingerprint density at radius 1 is 1.03 bits per heavy atom. The predicted molar refractivity (Wildman–Crippen MR) is 112 cm³/mol. The molecule has 1 fully saturated rings. The van der Waals surface area contributed by atoms with Crippen LogP contribution in [0.25, 0.3) is 0 Å². The van der Waals surface area contributed by atoms with E-state index in [1.807, 2.05) is 0 Å². The summed E-state index contributed by atoms with van der Waals surface area (Å²) >= 11 is 0. The quantitative estimate of drug-likeness (QED) is 0.715. The lowest BCUT2D eigenvalue weighted by Crippen LogP contribution is -2.31. The molecule has 0 spiro atoms. The van der Waals surface area contributed by atoms with Gasteiger partial charge in [-0.2, -0.15) is 4.31 Å². The Hall–Kier alpha value is -2.52. The summed E-state index contributed by atoms with van der Waals surface area (Å²) in [5.74, 6) is -2.44.